The molecule has 1 saturated carbocycles. The number of unbranched alkanes of at least 4 members (excludes halogenated alkanes) is 2. The number of amides is 2. The van der Waals surface area contributed by atoms with Crippen LogP contribution in [0.5, 0.6) is 0 Å². The van der Waals surface area contributed by atoms with Crippen molar-refractivity contribution in [1.29, 1.82) is 0 Å². The van der Waals surface area contributed by atoms with Crippen LogP contribution in [0.3, 0.4) is 0 Å². The fourth-order valence-electron chi connectivity index (χ4n) is 6.82. The monoisotopic (exact) mass is 504 g/mol. The highest BCUT2D eigenvalue weighted by atomic mass is 32.2. The topological polar surface area (TPSA) is 87.2 Å². The number of rotatable bonds is 12. The van der Waals surface area contributed by atoms with Gasteiger partial charge in [-0.15, -0.1) is 24.9 Å². The standard InChI is InChI=1S/C27H40N2O5S/c1-3-5-6-10-18-34-26(33)21-20-13-14-27(35-20)22(21)24(31)29(16-17-30)23(27)25(32)28(15-4-2)19-11-8-7-9-12-19/h3-4,19-23,30H,1-2,5-18H2/t20-,21+,22-,23?,27?/m0/s1. The number of nitrogens with zero attached hydrogens (tertiary/aromatic N) is 2. The van der Waals surface area contributed by atoms with Gasteiger partial charge in [-0.2, -0.15) is 0 Å². The van der Waals surface area contributed by atoms with Gasteiger partial charge in [0.15, 0.2) is 0 Å². The second-order valence-electron chi connectivity index (χ2n) is 10.3. The van der Waals surface area contributed by atoms with Crippen LogP contribution in [0, 0.1) is 11.8 Å². The van der Waals surface area contributed by atoms with Crippen LogP contribution in [0.15, 0.2) is 25.3 Å². The zero-order chi connectivity index (χ0) is 25.0. The molecule has 1 spiro atoms. The lowest BCUT2D eigenvalue weighted by molar-refractivity contribution is -0.154. The molecule has 7 nitrogen and oxygen atoms in total. The van der Waals surface area contributed by atoms with Gasteiger partial charge in [-0.05, 0) is 44.9 Å². The lowest BCUT2D eigenvalue weighted by Gasteiger charge is -2.41. The molecule has 2 bridgehead atoms. The van der Waals surface area contributed by atoms with E-state index < -0.39 is 22.6 Å². The third-order valence-corrected chi connectivity index (χ3v) is 10.3. The summed E-state index contributed by atoms with van der Waals surface area (Å²) in [4.78, 5) is 44.6. The summed E-state index contributed by atoms with van der Waals surface area (Å²) >= 11 is 1.65. The van der Waals surface area contributed by atoms with Gasteiger partial charge in [0.2, 0.25) is 11.8 Å². The average Bonchev–Trinajstić information content (AvgIpc) is 3.50. The molecule has 1 N–H and O–H groups in total. The van der Waals surface area contributed by atoms with E-state index in [1.54, 1.807) is 22.7 Å². The third-order valence-electron chi connectivity index (χ3n) is 8.32. The number of aliphatic hydroxyl groups is 1. The molecule has 4 fully saturated rings. The number of thioether (sulfide) groups is 1. The van der Waals surface area contributed by atoms with Crippen molar-refractivity contribution in [3.05, 3.63) is 25.3 Å². The minimum Gasteiger partial charge on any atom is -0.465 e. The lowest BCUT2D eigenvalue weighted by Crippen LogP contribution is -2.57. The van der Waals surface area contributed by atoms with Crippen LogP contribution in [0.1, 0.15) is 64.2 Å². The second kappa shape index (κ2) is 11.5. The quantitative estimate of drug-likeness (QED) is 0.249. The van der Waals surface area contributed by atoms with Crippen LogP contribution in [0.25, 0.3) is 0 Å². The molecule has 5 atom stereocenters. The fraction of sp³-hybridized carbons (Fsp3) is 0.741. The molecule has 4 rings (SSSR count). The Bertz CT molecular complexity index is 828. The molecule has 3 heterocycles. The van der Waals surface area contributed by atoms with Gasteiger partial charge in [-0.25, -0.2) is 0 Å². The van der Waals surface area contributed by atoms with Gasteiger partial charge in [0.25, 0.3) is 0 Å². The molecular weight excluding hydrogens is 464 g/mol. The van der Waals surface area contributed by atoms with E-state index in [1.807, 2.05) is 11.0 Å². The summed E-state index contributed by atoms with van der Waals surface area (Å²) in [6.45, 7) is 8.28. The van der Waals surface area contributed by atoms with E-state index in [-0.39, 0.29) is 42.2 Å². The predicted octanol–water partition coefficient (Wildman–Crippen LogP) is 3.32. The number of hydrogen-bond acceptors (Lipinski definition) is 6. The van der Waals surface area contributed by atoms with Gasteiger partial charge in [0.05, 0.1) is 29.8 Å². The number of esters is 1. The third kappa shape index (κ3) is 4.80. The maximum atomic E-state index is 14.2. The van der Waals surface area contributed by atoms with E-state index in [2.05, 4.69) is 13.2 Å². The Kier molecular flexibility index (Phi) is 8.63. The van der Waals surface area contributed by atoms with Crippen LogP contribution in [0.2, 0.25) is 0 Å². The van der Waals surface area contributed by atoms with Crippen molar-refractivity contribution in [2.45, 2.75) is 86.3 Å². The van der Waals surface area contributed by atoms with E-state index in [4.69, 9.17) is 4.74 Å². The summed E-state index contributed by atoms with van der Waals surface area (Å²) < 4.78 is 5.00. The van der Waals surface area contributed by atoms with E-state index in [0.29, 0.717) is 13.2 Å². The number of likely N-dealkylation sites (tertiary alicyclic amines) is 1. The van der Waals surface area contributed by atoms with Crippen LogP contribution in [-0.2, 0) is 19.1 Å². The Balaban J connectivity index is 1.58. The molecule has 1 aliphatic carbocycles. The van der Waals surface area contributed by atoms with Gasteiger partial charge in [0.1, 0.15) is 6.04 Å². The first-order chi connectivity index (χ1) is 17.0. The molecule has 3 saturated heterocycles. The van der Waals surface area contributed by atoms with Crippen LogP contribution in [-0.4, -0.2) is 81.1 Å². The summed E-state index contributed by atoms with van der Waals surface area (Å²) in [5.41, 5.74) is 0. The summed E-state index contributed by atoms with van der Waals surface area (Å²) in [6.07, 6.45) is 13.0. The van der Waals surface area contributed by atoms with Crippen molar-refractivity contribution in [2.24, 2.45) is 11.8 Å². The Morgan fingerprint density at radius 2 is 1.94 bits per heavy atom. The number of fused-ring (bicyclic) bond motifs is 1. The molecule has 2 unspecified atom stereocenters. The number of carbonyl (C=O) groups is 3. The van der Waals surface area contributed by atoms with Crippen molar-refractivity contribution in [3.63, 3.8) is 0 Å². The van der Waals surface area contributed by atoms with Gasteiger partial charge in [-0.1, -0.05) is 31.4 Å². The Morgan fingerprint density at radius 1 is 1.17 bits per heavy atom. The van der Waals surface area contributed by atoms with Crippen molar-refractivity contribution in [1.82, 2.24) is 9.80 Å². The lowest BCUT2D eigenvalue weighted by atomic mass is 9.71. The molecular formula is C27H40N2O5S. The number of β-amino-alcohol motifs (C(OH)–C–C–N with tert-alkyl or cyclic N) is 1. The van der Waals surface area contributed by atoms with Gasteiger partial charge >= 0.3 is 5.97 Å². The molecule has 8 heteroatoms. The maximum Gasteiger partial charge on any atom is 0.310 e. The van der Waals surface area contributed by atoms with Gasteiger partial charge < -0.3 is 19.6 Å². The predicted molar refractivity (Wildman–Crippen MR) is 137 cm³/mol. The minimum atomic E-state index is -0.658. The highest BCUT2D eigenvalue weighted by molar-refractivity contribution is 8.02. The summed E-state index contributed by atoms with van der Waals surface area (Å²) in [7, 11) is 0. The molecule has 0 radical (unpaired) electrons. The van der Waals surface area contributed by atoms with E-state index in [1.165, 1.54) is 6.42 Å². The zero-order valence-corrected chi connectivity index (χ0v) is 21.6. The minimum absolute atomic E-state index is 0.00117. The van der Waals surface area contributed by atoms with Crippen molar-refractivity contribution in [2.75, 3.05) is 26.3 Å². The highest BCUT2D eigenvalue weighted by Gasteiger charge is 2.74. The molecule has 194 valence electrons. The average molecular weight is 505 g/mol. The Hall–Kier alpha value is -1.80. The van der Waals surface area contributed by atoms with Crippen molar-refractivity contribution in [3.8, 4) is 0 Å². The largest absolute Gasteiger partial charge is 0.465 e. The molecule has 2 amide bonds. The van der Waals surface area contributed by atoms with Gasteiger partial charge in [-0.3, -0.25) is 14.4 Å². The SMILES string of the molecule is C=CCCCCOC(=O)[C@@H]1[C@@H]2CCC3(S2)C(C(=O)N(CC=C)C2CCCCC2)N(CCO)C(=O)[C@H]13. The number of carbonyl (C=O) groups excluding carboxylic acids is 3. The Labute approximate surface area is 213 Å². The number of aliphatic hydroxyl groups excluding tert-OH is 1. The highest BCUT2D eigenvalue weighted by Crippen LogP contribution is 2.66. The smallest absolute Gasteiger partial charge is 0.310 e. The molecule has 4 aliphatic rings. The molecule has 0 aromatic carbocycles. The van der Waals surface area contributed by atoms with E-state index >= 15 is 0 Å². The zero-order valence-electron chi connectivity index (χ0n) is 20.7. The van der Waals surface area contributed by atoms with Crippen LogP contribution >= 0.6 is 11.8 Å². The Morgan fingerprint density at radius 3 is 2.63 bits per heavy atom. The van der Waals surface area contributed by atoms with Crippen LogP contribution in [0.4, 0.5) is 0 Å². The van der Waals surface area contributed by atoms with Gasteiger partial charge in [0, 0.05) is 24.4 Å². The maximum absolute atomic E-state index is 14.2. The first kappa shape index (κ1) is 26.3. The first-order valence-electron chi connectivity index (χ1n) is 13.3. The molecule has 0 aromatic heterocycles. The van der Waals surface area contributed by atoms with Crippen LogP contribution < -0.4 is 0 Å². The molecule has 3 aliphatic heterocycles. The van der Waals surface area contributed by atoms with Crippen molar-refractivity contribution < 1.29 is 24.2 Å². The normalized spacial score (nSPS) is 31.9. The summed E-state index contributed by atoms with van der Waals surface area (Å²) in [5.74, 6) is -1.63. The van der Waals surface area contributed by atoms with Crippen molar-refractivity contribution >= 4 is 29.5 Å². The summed E-state index contributed by atoms with van der Waals surface area (Å²) in [6, 6.07) is -0.509. The summed E-state index contributed by atoms with van der Waals surface area (Å²) in [5, 5.41) is 9.79. The number of allylic oxidation sites excluding steroid dienone is 1. The first-order valence-corrected chi connectivity index (χ1v) is 14.2. The number of hydrogen-bond donors (Lipinski definition) is 1. The van der Waals surface area contributed by atoms with E-state index in [0.717, 1.165) is 57.8 Å². The molecule has 35 heavy (non-hydrogen) atoms. The fourth-order valence-corrected chi connectivity index (χ4v) is 9.02. The van der Waals surface area contributed by atoms with E-state index in [9.17, 15) is 19.5 Å². The molecule has 0 aromatic rings. The second-order valence-corrected chi connectivity index (χ2v) is 11.9. The number of ether oxygens (including phenoxy) is 1.